The zero-order chi connectivity index (χ0) is 29.6. The smallest absolute Gasteiger partial charge is 0.352 e. The Morgan fingerprint density at radius 2 is 1.39 bits per heavy atom. The normalized spacial score (nSPS) is 11.7. The Morgan fingerprint density at radius 1 is 0.732 bits per heavy atom. The van der Waals surface area contributed by atoms with E-state index in [2.05, 4.69) is 55.7 Å². The van der Waals surface area contributed by atoms with Crippen molar-refractivity contribution in [2.24, 2.45) is 0 Å². The van der Waals surface area contributed by atoms with Crippen molar-refractivity contribution in [3.8, 4) is 11.1 Å². The molecule has 0 atom stereocenters. The quantitative estimate of drug-likeness (QED) is 0.214. The summed E-state index contributed by atoms with van der Waals surface area (Å²) in [7, 11) is 0. The summed E-state index contributed by atoms with van der Waals surface area (Å²) >= 11 is 0. The van der Waals surface area contributed by atoms with Gasteiger partial charge in [0.05, 0.1) is 5.56 Å². The molecule has 0 aliphatic heterocycles. The fraction of sp³-hybridized carbons (Fsp3) is 0.235. The van der Waals surface area contributed by atoms with E-state index in [1.54, 1.807) is 48.5 Å². The monoisotopic (exact) mass is 558 g/mol. The van der Waals surface area contributed by atoms with Crippen molar-refractivity contribution in [2.75, 3.05) is 11.9 Å². The molecule has 212 valence electrons. The second kappa shape index (κ2) is 12.4. The van der Waals surface area contributed by atoms with Crippen molar-refractivity contribution in [2.45, 2.75) is 45.2 Å². The fourth-order valence-electron chi connectivity index (χ4n) is 4.48. The van der Waals surface area contributed by atoms with E-state index in [9.17, 15) is 22.8 Å². The Bertz CT molecular complexity index is 1500. The Balaban J connectivity index is 1.36. The highest BCUT2D eigenvalue weighted by atomic mass is 19.4. The maximum atomic E-state index is 13.1. The van der Waals surface area contributed by atoms with Crippen LogP contribution in [0.5, 0.6) is 0 Å². The number of amides is 2. The molecule has 0 unspecified atom stereocenters. The number of rotatable bonds is 8. The van der Waals surface area contributed by atoms with E-state index in [1.165, 1.54) is 23.3 Å². The number of hydrogen-bond donors (Lipinski definition) is 2. The number of carbonyl (C=O) groups is 2. The summed E-state index contributed by atoms with van der Waals surface area (Å²) in [4.78, 5) is 25.9. The lowest BCUT2D eigenvalue weighted by molar-refractivity contribution is -0.137. The maximum Gasteiger partial charge on any atom is 0.416 e. The third kappa shape index (κ3) is 7.84. The standard InChI is InChI=1S/C34H33F3N2O2/c1-33(2,3)26-17-13-23(14-18-26)8-7-21-38-31(40)25-9-6-10-28(22-25)39-32(41)30-12-5-4-11-29(30)24-15-19-27(20-16-24)34(35,36)37/h4-6,9-20,22H,7-8,21H2,1-3H3,(H,38,40)(H,39,41). The molecular weight excluding hydrogens is 525 g/mol. The van der Waals surface area contributed by atoms with E-state index >= 15 is 0 Å². The van der Waals surface area contributed by atoms with Gasteiger partial charge in [-0.05, 0) is 76.9 Å². The Kier molecular flexibility index (Phi) is 8.96. The van der Waals surface area contributed by atoms with E-state index in [1.807, 2.05) is 0 Å². The molecule has 4 aromatic rings. The zero-order valence-electron chi connectivity index (χ0n) is 23.3. The number of halogens is 3. The molecule has 0 fully saturated rings. The lowest BCUT2D eigenvalue weighted by atomic mass is 9.86. The molecule has 4 aromatic carbocycles. The SMILES string of the molecule is CC(C)(C)c1ccc(CCCNC(=O)c2cccc(NC(=O)c3ccccc3-c3ccc(C(F)(F)F)cc3)c2)cc1. The highest BCUT2D eigenvalue weighted by molar-refractivity contribution is 6.09. The Hall–Kier alpha value is -4.39. The second-order valence-corrected chi connectivity index (χ2v) is 11.0. The van der Waals surface area contributed by atoms with Gasteiger partial charge >= 0.3 is 6.18 Å². The van der Waals surface area contributed by atoms with Gasteiger partial charge in [0.1, 0.15) is 0 Å². The summed E-state index contributed by atoms with van der Waals surface area (Å²) in [5, 5.41) is 5.74. The largest absolute Gasteiger partial charge is 0.416 e. The predicted octanol–water partition coefficient (Wildman–Crippen LogP) is 8.28. The molecule has 2 amide bonds. The summed E-state index contributed by atoms with van der Waals surface area (Å²) in [6.45, 7) is 7.05. The molecule has 7 heteroatoms. The first-order valence-corrected chi connectivity index (χ1v) is 13.5. The van der Waals surface area contributed by atoms with Gasteiger partial charge in [-0.25, -0.2) is 0 Å². The van der Waals surface area contributed by atoms with Crippen LogP contribution in [0.2, 0.25) is 0 Å². The fourth-order valence-corrected chi connectivity index (χ4v) is 4.48. The van der Waals surface area contributed by atoms with Crippen molar-refractivity contribution >= 4 is 17.5 Å². The van der Waals surface area contributed by atoms with E-state index < -0.39 is 17.6 Å². The summed E-state index contributed by atoms with van der Waals surface area (Å²) < 4.78 is 38.9. The number of nitrogens with one attached hydrogen (secondary N) is 2. The zero-order valence-corrected chi connectivity index (χ0v) is 23.3. The minimum Gasteiger partial charge on any atom is -0.352 e. The lowest BCUT2D eigenvalue weighted by Gasteiger charge is -2.19. The second-order valence-electron chi connectivity index (χ2n) is 11.0. The molecule has 0 aromatic heterocycles. The summed E-state index contributed by atoms with van der Waals surface area (Å²) in [6, 6.07) is 26.6. The van der Waals surface area contributed by atoms with Crippen molar-refractivity contribution in [3.63, 3.8) is 0 Å². The number of anilines is 1. The van der Waals surface area contributed by atoms with Gasteiger partial charge in [-0.15, -0.1) is 0 Å². The molecule has 0 bridgehead atoms. The van der Waals surface area contributed by atoms with Crippen LogP contribution in [0.4, 0.5) is 18.9 Å². The maximum absolute atomic E-state index is 13.1. The van der Waals surface area contributed by atoms with Gasteiger partial charge in [0.15, 0.2) is 0 Å². The summed E-state index contributed by atoms with van der Waals surface area (Å²) in [6.07, 6.45) is -2.80. The predicted molar refractivity (Wildman–Crippen MR) is 157 cm³/mol. The van der Waals surface area contributed by atoms with Crippen LogP contribution in [0.1, 0.15) is 64.6 Å². The minimum absolute atomic E-state index is 0.107. The molecule has 2 N–H and O–H groups in total. The number of alkyl halides is 3. The van der Waals surface area contributed by atoms with E-state index in [0.717, 1.165) is 25.0 Å². The molecule has 4 nitrogen and oxygen atoms in total. The van der Waals surface area contributed by atoms with Gasteiger partial charge in [0.25, 0.3) is 11.8 Å². The minimum atomic E-state index is -4.44. The summed E-state index contributed by atoms with van der Waals surface area (Å²) in [5.41, 5.74) is 3.99. The van der Waals surface area contributed by atoms with Gasteiger partial charge in [0.2, 0.25) is 0 Å². The van der Waals surface area contributed by atoms with Crippen LogP contribution < -0.4 is 10.6 Å². The van der Waals surface area contributed by atoms with Gasteiger partial charge in [-0.3, -0.25) is 9.59 Å². The van der Waals surface area contributed by atoms with E-state index in [-0.39, 0.29) is 11.3 Å². The third-order valence-corrected chi connectivity index (χ3v) is 6.83. The first-order chi connectivity index (χ1) is 19.4. The first-order valence-electron chi connectivity index (χ1n) is 13.5. The number of aryl methyl sites for hydroxylation is 1. The molecule has 0 aliphatic carbocycles. The lowest BCUT2D eigenvalue weighted by Crippen LogP contribution is -2.25. The molecule has 0 heterocycles. The van der Waals surface area contributed by atoms with E-state index in [0.29, 0.717) is 34.5 Å². The topological polar surface area (TPSA) is 58.2 Å². The van der Waals surface area contributed by atoms with Crippen molar-refractivity contribution in [1.29, 1.82) is 0 Å². The van der Waals surface area contributed by atoms with Crippen LogP contribution in [0.25, 0.3) is 11.1 Å². The number of benzene rings is 4. The Labute approximate surface area is 238 Å². The molecule has 0 saturated heterocycles. The first kappa shape index (κ1) is 29.6. The molecule has 0 aliphatic rings. The number of hydrogen-bond acceptors (Lipinski definition) is 2. The summed E-state index contributed by atoms with van der Waals surface area (Å²) in [5.74, 6) is -0.676. The average Bonchev–Trinajstić information content (AvgIpc) is 2.95. The van der Waals surface area contributed by atoms with Gasteiger partial charge in [-0.1, -0.05) is 81.4 Å². The van der Waals surface area contributed by atoms with Gasteiger partial charge < -0.3 is 10.6 Å². The average molecular weight is 559 g/mol. The molecule has 0 spiro atoms. The van der Waals surface area contributed by atoms with Crippen LogP contribution in [0.3, 0.4) is 0 Å². The van der Waals surface area contributed by atoms with Crippen molar-refractivity contribution in [3.05, 3.63) is 125 Å². The van der Waals surface area contributed by atoms with Crippen LogP contribution >= 0.6 is 0 Å². The van der Waals surface area contributed by atoms with Gasteiger partial charge in [0, 0.05) is 23.4 Å². The van der Waals surface area contributed by atoms with Crippen LogP contribution in [-0.4, -0.2) is 18.4 Å². The molecular formula is C34H33F3N2O2. The highest BCUT2D eigenvalue weighted by Gasteiger charge is 2.30. The van der Waals surface area contributed by atoms with Gasteiger partial charge in [-0.2, -0.15) is 13.2 Å². The van der Waals surface area contributed by atoms with Crippen molar-refractivity contribution < 1.29 is 22.8 Å². The molecule has 0 radical (unpaired) electrons. The highest BCUT2D eigenvalue weighted by Crippen LogP contribution is 2.32. The molecule has 4 rings (SSSR count). The number of carbonyl (C=O) groups excluding carboxylic acids is 2. The molecule has 41 heavy (non-hydrogen) atoms. The van der Waals surface area contributed by atoms with Crippen LogP contribution in [0.15, 0.2) is 97.1 Å². The molecule has 0 saturated carbocycles. The van der Waals surface area contributed by atoms with Crippen LogP contribution in [-0.2, 0) is 18.0 Å². The van der Waals surface area contributed by atoms with Crippen molar-refractivity contribution in [1.82, 2.24) is 5.32 Å². The van der Waals surface area contributed by atoms with E-state index in [4.69, 9.17) is 0 Å². The Morgan fingerprint density at radius 3 is 2.05 bits per heavy atom. The third-order valence-electron chi connectivity index (χ3n) is 6.83. The van der Waals surface area contributed by atoms with Crippen LogP contribution in [0, 0.1) is 0 Å².